The summed E-state index contributed by atoms with van der Waals surface area (Å²) in [6, 6.07) is 0. The summed E-state index contributed by atoms with van der Waals surface area (Å²) in [5.41, 5.74) is 4.36. The Morgan fingerprint density at radius 3 is 2.33 bits per heavy atom. The number of aryl methyl sites for hydroxylation is 2. The van der Waals surface area contributed by atoms with Gasteiger partial charge in [-0.2, -0.15) is 0 Å². The third-order valence-electron chi connectivity index (χ3n) is 2.12. The van der Waals surface area contributed by atoms with Gasteiger partial charge in [-0.25, -0.2) is 17.9 Å². The molecular formula is C9H12N2O6S. The minimum absolute atomic E-state index is 0.0283. The van der Waals surface area contributed by atoms with Crippen molar-refractivity contribution >= 4 is 21.9 Å². The Hall–Kier alpha value is -1.87. The van der Waals surface area contributed by atoms with Gasteiger partial charge in [-0.1, -0.05) is 0 Å². The number of aromatic carboxylic acids is 1. The van der Waals surface area contributed by atoms with Crippen LogP contribution in [0, 0.1) is 13.8 Å². The summed E-state index contributed by atoms with van der Waals surface area (Å²) in [6.45, 7) is 2.03. The molecule has 0 aliphatic rings. The minimum Gasteiger partial charge on any atom is -0.478 e. The van der Waals surface area contributed by atoms with Gasteiger partial charge in [0.15, 0.2) is 0 Å². The summed E-state index contributed by atoms with van der Waals surface area (Å²) in [5.74, 6) is -2.40. The molecule has 0 atom stereocenters. The lowest BCUT2D eigenvalue weighted by Gasteiger charge is -2.04. The monoisotopic (exact) mass is 276 g/mol. The van der Waals surface area contributed by atoms with E-state index in [1.807, 2.05) is 4.72 Å². The van der Waals surface area contributed by atoms with Crippen molar-refractivity contribution in [3.63, 3.8) is 0 Å². The second-order valence-electron chi connectivity index (χ2n) is 3.51. The lowest BCUT2D eigenvalue weighted by Crippen LogP contribution is -2.34. The summed E-state index contributed by atoms with van der Waals surface area (Å²) in [7, 11) is -4.17. The van der Waals surface area contributed by atoms with Gasteiger partial charge in [-0.05, 0) is 13.8 Å². The molecule has 0 radical (unpaired) electrons. The zero-order valence-corrected chi connectivity index (χ0v) is 10.5. The summed E-state index contributed by atoms with van der Waals surface area (Å²) in [5, 5.41) is 8.96. The minimum atomic E-state index is -4.17. The van der Waals surface area contributed by atoms with Gasteiger partial charge in [0, 0.05) is 0 Å². The topological polar surface area (TPSA) is 140 Å². The predicted octanol–water partition coefficient (Wildman–Crippen LogP) is -0.642. The number of hydrogen-bond acceptors (Lipinski definition) is 5. The normalized spacial score (nSPS) is 11.4. The molecule has 0 aliphatic heterocycles. The number of carboxylic acids is 1. The summed E-state index contributed by atoms with van der Waals surface area (Å²) in [6.07, 6.45) is 0. The highest BCUT2D eigenvalue weighted by atomic mass is 32.2. The highest BCUT2D eigenvalue weighted by molar-refractivity contribution is 7.89. The largest absolute Gasteiger partial charge is 0.478 e. The number of nitrogens with one attached hydrogen (secondary N) is 1. The van der Waals surface area contributed by atoms with E-state index in [0.29, 0.717) is 0 Å². The van der Waals surface area contributed by atoms with Crippen LogP contribution in [0.1, 0.15) is 21.9 Å². The van der Waals surface area contributed by atoms with Gasteiger partial charge in [-0.3, -0.25) is 4.79 Å². The molecule has 9 heteroatoms. The Morgan fingerprint density at radius 2 is 1.89 bits per heavy atom. The van der Waals surface area contributed by atoms with Crippen LogP contribution in [0.2, 0.25) is 0 Å². The van der Waals surface area contributed by atoms with Gasteiger partial charge < -0.3 is 15.3 Å². The van der Waals surface area contributed by atoms with Gasteiger partial charge in [-0.15, -0.1) is 0 Å². The van der Waals surface area contributed by atoms with Crippen LogP contribution in [0.15, 0.2) is 9.31 Å². The van der Waals surface area contributed by atoms with Crippen LogP contribution in [0.5, 0.6) is 0 Å². The molecule has 4 N–H and O–H groups in total. The van der Waals surface area contributed by atoms with E-state index < -0.39 is 38.9 Å². The van der Waals surface area contributed by atoms with Crippen LogP contribution in [0.3, 0.4) is 0 Å². The standard InChI is InChI=1S/C9H12N2O6S/c1-4-7(9(13)14)8(5(2)17-4)18(15,16)11-3-6(10)12/h11H,3H2,1-2H3,(H2,10,12)(H,13,14). The molecule has 0 aromatic carbocycles. The average molecular weight is 276 g/mol. The van der Waals surface area contributed by atoms with Crippen LogP contribution >= 0.6 is 0 Å². The lowest BCUT2D eigenvalue weighted by molar-refractivity contribution is -0.116. The second kappa shape index (κ2) is 4.78. The highest BCUT2D eigenvalue weighted by Crippen LogP contribution is 2.26. The molecule has 18 heavy (non-hydrogen) atoms. The molecule has 100 valence electrons. The number of carbonyl (C=O) groups excluding carboxylic acids is 1. The zero-order chi connectivity index (χ0) is 14.1. The molecule has 1 aromatic heterocycles. The number of furan rings is 1. The summed E-state index contributed by atoms with van der Waals surface area (Å²) in [4.78, 5) is 21.0. The first-order chi connectivity index (χ1) is 8.16. The number of rotatable bonds is 5. The van der Waals surface area contributed by atoms with Crippen molar-refractivity contribution < 1.29 is 27.5 Å². The first-order valence-electron chi connectivity index (χ1n) is 4.78. The predicted molar refractivity (Wildman–Crippen MR) is 59.5 cm³/mol. The fourth-order valence-electron chi connectivity index (χ4n) is 1.47. The number of hydrogen-bond donors (Lipinski definition) is 3. The number of carboxylic acid groups (broad SMARTS) is 1. The Kier molecular flexibility index (Phi) is 3.77. The highest BCUT2D eigenvalue weighted by Gasteiger charge is 2.30. The number of amides is 1. The second-order valence-corrected chi connectivity index (χ2v) is 5.22. The Balaban J connectivity index is 3.32. The molecule has 8 nitrogen and oxygen atoms in total. The van der Waals surface area contributed by atoms with Crippen LogP contribution in [0.25, 0.3) is 0 Å². The number of carbonyl (C=O) groups is 2. The number of primary amides is 1. The molecule has 0 unspecified atom stereocenters. The van der Waals surface area contributed by atoms with Crippen molar-refractivity contribution in [3.05, 3.63) is 17.1 Å². The van der Waals surface area contributed by atoms with Crippen molar-refractivity contribution in [1.82, 2.24) is 4.72 Å². The van der Waals surface area contributed by atoms with Crippen LogP contribution < -0.4 is 10.5 Å². The van der Waals surface area contributed by atoms with E-state index in [1.165, 1.54) is 13.8 Å². The third-order valence-corrected chi connectivity index (χ3v) is 3.68. The smallest absolute Gasteiger partial charge is 0.340 e. The maximum atomic E-state index is 11.9. The average Bonchev–Trinajstić information content (AvgIpc) is 2.51. The molecule has 0 fully saturated rings. The molecule has 0 spiro atoms. The SMILES string of the molecule is Cc1oc(C)c(S(=O)(=O)NCC(N)=O)c1C(=O)O. The Bertz CT molecular complexity index is 601. The maximum Gasteiger partial charge on any atom is 0.340 e. The Morgan fingerprint density at radius 1 is 1.33 bits per heavy atom. The molecule has 1 rings (SSSR count). The molecule has 1 aromatic rings. The van der Waals surface area contributed by atoms with Crippen molar-refractivity contribution in [2.24, 2.45) is 5.73 Å². The summed E-state index contributed by atoms with van der Waals surface area (Å²) < 4.78 is 30.6. The van der Waals surface area contributed by atoms with Crippen molar-refractivity contribution in [2.45, 2.75) is 18.7 Å². The van der Waals surface area contributed by atoms with Crippen molar-refractivity contribution in [3.8, 4) is 0 Å². The van der Waals surface area contributed by atoms with Gasteiger partial charge >= 0.3 is 5.97 Å². The van der Waals surface area contributed by atoms with E-state index in [2.05, 4.69) is 0 Å². The third kappa shape index (κ3) is 2.68. The molecule has 0 saturated carbocycles. The Labute approximate surface area is 103 Å². The quantitative estimate of drug-likeness (QED) is 0.653. The molecule has 0 aliphatic carbocycles. The van der Waals surface area contributed by atoms with Crippen LogP contribution in [0.4, 0.5) is 0 Å². The molecular weight excluding hydrogens is 264 g/mol. The summed E-state index contributed by atoms with van der Waals surface area (Å²) >= 11 is 0. The first kappa shape index (κ1) is 14.2. The lowest BCUT2D eigenvalue weighted by atomic mass is 10.2. The fourth-order valence-corrected chi connectivity index (χ4v) is 2.87. The van der Waals surface area contributed by atoms with E-state index in [1.54, 1.807) is 0 Å². The van der Waals surface area contributed by atoms with Gasteiger partial charge in [0.25, 0.3) is 0 Å². The van der Waals surface area contributed by atoms with Crippen molar-refractivity contribution in [2.75, 3.05) is 6.54 Å². The van der Waals surface area contributed by atoms with Crippen LogP contribution in [-0.2, 0) is 14.8 Å². The molecule has 1 amide bonds. The van der Waals surface area contributed by atoms with E-state index >= 15 is 0 Å². The van der Waals surface area contributed by atoms with Crippen molar-refractivity contribution in [1.29, 1.82) is 0 Å². The van der Waals surface area contributed by atoms with Gasteiger partial charge in [0.05, 0.1) is 6.54 Å². The number of sulfonamides is 1. The maximum absolute atomic E-state index is 11.9. The zero-order valence-electron chi connectivity index (χ0n) is 9.68. The molecule has 0 saturated heterocycles. The van der Waals surface area contributed by atoms with Gasteiger partial charge in [0.2, 0.25) is 15.9 Å². The van der Waals surface area contributed by atoms with Crippen LogP contribution in [-0.4, -0.2) is 31.9 Å². The molecule has 1 heterocycles. The molecule has 0 bridgehead atoms. The first-order valence-corrected chi connectivity index (χ1v) is 6.26. The van der Waals surface area contributed by atoms with E-state index in [0.717, 1.165) is 0 Å². The van der Waals surface area contributed by atoms with E-state index in [-0.39, 0.29) is 11.5 Å². The van der Waals surface area contributed by atoms with E-state index in [4.69, 9.17) is 15.3 Å². The van der Waals surface area contributed by atoms with E-state index in [9.17, 15) is 18.0 Å². The number of nitrogens with two attached hydrogens (primary N) is 1. The fraction of sp³-hybridized carbons (Fsp3) is 0.333. The van der Waals surface area contributed by atoms with Gasteiger partial charge in [0.1, 0.15) is 22.0 Å².